The number of rotatable bonds is 6. The van der Waals surface area contributed by atoms with Crippen molar-refractivity contribution in [3.63, 3.8) is 0 Å². The van der Waals surface area contributed by atoms with Crippen LogP contribution in [-0.4, -0.2) is 43.9 Å². The van der Waals surface area contributed by atoms with Gasteiger partial charge in [0.15, 0.2) is 11.0 Å². The Kier molecular flexibility index (Phi) is 6.53. The van der Waals surface area contributed by atoms with Crippen LogP contribution in [0.2, 0.25) is 0 Å². The van der Waals surface area contributed by atoms with Gasteiger partial charge in [-0.25, -0.2) is 0 Å². The molecule has 156 valence electrons. The van der Waals surface area contributed by atoms with Gasteiger partial charge in [-0.05, 0) is 50.3 Å². The largest absolute Gasteiger partial charge is 0.339 e. The van der Waals surface area contributed by atoms with Crippen LogP contribution in [0.1, 0.15) is 38.7 Å². The summed E-state index contributed by atoms with van der Waals surface area (Å²) in [5, 5.41) is 9.68. The molecule has 2 heterocycles. The summed E-state index contributed by atoms with van der Waals surface area (Å²) < 4.78 is 2.06. The Bertz CT molecular complexity index is 984. The van der Waals surface area contributed by atoms with E-state index in [1.54, 1.807) is 0 Å². The number of carbonyl (C=O) groups is 1. The van der Waals surface area contributed by atoms with E-state index in [2.05, 4.69) is 52.9 Å². The summed E-state index contributed by atoms with van der Waals surface area (Å²) in [5.41, 5.74) is 3.31. The average molecular weight is 421 g/mol. The monoisotopic (exact) mass is 420 g/mol. The molecule has 6 heteroatoms. The zero-order chi connectivity index (χ0) is 20.9. The van der Waals surface area contributed by atoms with Crippen molar-refractivity contribution in [2.24, 2.45) is 0 Å². The molecular formula is C24H28N4OS. The second-order valence-electron chi connectivity index (χ2n) is 7.75. The molecule has 1 amide bonds. The van der Waals surface area contributed by atoms with E-state index in [9.17, 15) is 4.79 Å². The number of piperidine rings is 1. The molecule has 1 aromatic heterocycles. The van der Waals surface area contributed by atoms with Crippen LogP contribution in [0.25, 0.3) is 17.1 Å². The quantitative estimate of drug-likeness (QED) is 0.527. The molecule has 1 saturated heterocycles. The van der Waals surface area contributed by atoms with E-state index in [1.165, 1.54) is 23.7 Å². The molecule has 1 atom stereocenters. The van der Waals surface area contributed by atoms with Crippen LogP contribution in [-0.2, 0) is 11.2 Å². The molecule has 1 fully saturated rings. The maximum Gasteiger partial charge on any atom is 0.233 e. The molecule has 0 bridgehead atoms. The Balaban J connectivity index is 1.62. The highest BCUT2D eigenvalue weighted by Gasteiger charge is 2.24. The van der Waals surface area contributed by atoms with Crippen molar-refractivity contribution in [1.82, 2.24) is 19.7 Å². The number of benzene rings is 2. The van der Waals surface area contributed by atoms with Crippen LogP contribution in [0.3, 0.4) is 0 Å². The lowest BCUT2D eigenvalue weighted by Gasteiger charge is -2.33. The van der Waals surface area contributed by atoms with Gasteiger partial charge in [-0.1, -0.05) is 61.2 Å². The van der Waals surface area contributed by atoms with E-state index in [0.29, 0.717) is 11.8 Å². The average Bonchev–Trinajstić information content (AvgIpc) is 3.22. The first-order valence-electron chi connectivity index (χ1n) is 10.7. The van der Waals surface area contributed by atoms with Crippen LogP contribution >= 0.6 is 11.8 Å². The second-order valence-corrected chi connectivity index (χ2v) is 8.69. The van der Waals surface area contributed by atoms with Crippen molar-refractivity contribution in [3.8, 4) is 17.1 Å². The lowest BCUT2D eigenvalue weighted by molar-refractivity contribution is -0.131. The minimum absolute atomic E-state index is 0.185. The summed E-state index contributed by atoms with van der Waals surface area (Å²) in [6.07, 6.45) is 4.39. The first-order valence-corrected chi connectivity index (χ1v) is 11.7. The molecule has 0 saturated carbocycles. The molecule has 2 aromatic carbocycles. The van der Waals surface area contributed by atoms with Crippen molar-refractivity contribution in [2.75, 3.05) is 12.3 Å². The molecule has 4 rings (SSSR count). The summed E-state index contributed by atoms with van der Waals surface area (Å²) in [6.45, 7) is 5.16. The smallest absolute Gasteiger partial charge is 0.233 e. The van der Waals surface area contributed by atoms with Gasteiger partial charge in [-0.3, -0.25) is 9.36 Å². The van der Waals surface area contributed by atoms with Crippen molar-refractivity contribution in [2.45, 2.75) is 50.7 Å². The third kappa shape index (κ3) is 4.43. The number of thioether (sulfide) groups is 1. The lowest BCUT2D eigenvalue weighted by atomic mass is 10.0. The first-order chi connectivity index (χ1) is 14.7. The van der Waals surface area contributed by atoms with Crippen molar-refractivity contribution in [3.05, 3.63) is 60.2 Å². The van der Waals surface area contributed by atoms with Crippen LogP contribution in [0.4, 0.5) is 0 Å². The molecule has 0 aliphatic carbocycles. The molecule has 0 spiro atoms. The van der Waals surface area contributed by atoms with Gasteiger partial charge in [0, 0.05) is 23.8 Å². The molecule has 5 nitrogen and oxygen atoms in total. The minimum Gasteiger partial charge on any atom is -0.339 e. The lowest BCUT2D eigenvalue weighted by Crippen LogP contribution is -2.42. The van der Waals surface area contributed by atoms with Crippen molar-refractivity contribution >= 4 is 17.7 Å². The predicted molar refractivity (Wildman–Crippen MR) is 122 cm³/mol. The third-order valence-corrected chi connectivity index (χ3v) is 6.63. The van der Waals surface area contributed by atoms with Crippen molar-refractivity contribution < 1.29 is 4.79 Å². The first kappa shape index (κ1) is 20.7. The van der Waals surface area contributed by atoms with E-state index in [4.69, 9.17) is 0 Å². The molecule has 1 aliphatic rings. The van der Waals surface area contributed by atoms with Gasteiger partial charge in [0.25, 0.3) is 0 Å². The number of nitrogens with zero attached hydrogens (tertiary/aromatic N) is 4. The summed E-state index contributed by atoms with van der Waals surface area (Å²) in [6, 6.07) is 18.9. The second kappa shape index (κ2) is 9.47. The molecule has 1 aliphatic heterocycles. The molecule has 3 aromatic rings. The van der Waals surface area contributed by atoms with Gasteiger partial charge in [0.2, 0.25) is 5.91 Å². The molecule has 0 radical (unpaired) electrons. The Morgan fingerprint density at radius 3 is 2.53 bits per heavy atom. The number of hydrogen-bond donors (Lipinski definition) is 0. The Hall–Kier alpha value is -2.60. The Morgan fingerprint density at radius 1 is 1.07 bits per heavy atom. The highest BCUT2D eigenvalue weighted by Crippen LogP contribution is 2.29. The normalized spacial score (nSPS) is 16.6. The number of hydrogen-bond acceptors (Lipinski definition) is 4. The fourth-order valence-electron chi connectivity index (χ4n) is 3.93. The highest BCUT2D eigenvalue weighted by atomic mass is 32.2. The summed E-state index contributed by atoms with van der Waals surface area (Å²) in [4.78, 5) is 14.9. The van der Waals surface area contributed by atoms with Crippen LogP contribution in [0.15, 0.2) is 59.8 Å². The fraction of sp³-hybridized carbons (Fsp3) is 0.375. The SMILES string of the molecule is CCc1ccc(-n2c(SCC(=O)N3CCCC[C@@H]3C)nnc2-c2ccccc2)cc1. The zero-order valence-corrected chi connectivity index (χ0v) is 18.4. The number of aromatic nitrogens is 3. The molecule has 30 heavy (non-hydrogen) atoms. The maximum absolute atomic E-state index is 12.8. The minimum atomic E-state index is 0.185. The zero-order valence-electron chi connectivity index (χ0n) is 17.6. The molecule has 0 unspecified atom stereocenters. The number of amides is 1. The predicted octanol–water partition coefficient (Wildman–Crippen LogP) is 4.99. The van der Waals surface area contributed by atoms with E-state index in [0.717, 1.165) is 48.0 Å². The van der Waals surface area contributed by atoms with Gasteiger partial charge in [0.1, 0.15) is 0 Å². The van der Waals surface area contributed by atoms with Gasteiger partial charge in [0.05, 0.1) is 5.75 Å². The summed E-state index contributed by atoms with van der Waals surface area (Å²) >= 11 is 1.47. The molecular weight excluding hydrogens is 392 g/mol. The van der Waals surface area contributed by atoms with Crippen LogP contribution in [0, 0.1) is 0 Å². The number of carbonyl (C=O) groups excluding carboxylic acids is 1. The summed E-state index contributed by atoms with van der Waals surface area (Å²) in [5.74, 6) is 1.36. The van der Waals surface area contributed by atoms with Gasteiger partial charge in [-0.2, -0.15) is 0 Å². The number of aryl methyl sites for hydroxylation is 1. The summed E-state index contributed by atoms with van der Waals surface area (Å²) in [7, 11) is 0. The fourth-order valence-corrected chi connectivity index (χ4v) is 4.77. The standard InChI is InChI=1S/C24H28N4OS/c1-3-19-12-14-21(15-13-19)28-23(20-10-5-4-6-11-20)25-26-24(28)30-17-22(29)27-16-8-7-9-18(27)2/h4-6,10-15,18H,3,7-9,16-17H2,1-2H3/t18-/m0/s1. The van der Waals surface area contributed by atoms with E-state index in [-0.39, 0.29) is 5.91 Å². The van der Waals surface area contributed by atoms with Gasteiger partial charge >= 0.3 is 0 Å². The van der Waals surface area contributed by atoms with E-state index >= 15 is 0 Å². The Morgan fingerprint density at radius 2 is 1.83 bits per heavy atom. The van der Waals surface area contributed by atoms with Gasteiger partial charge < -0.3 is 4.90 Å². The highest BCUT2D eigenvalue weighted by molar-refractivity contribution is 7.99. The Labute approximate surface area is 182 Å². The number of likely N-dealkylation sites (tertiary alicyclic amines) is 1. The van der Waals surface area contributed by atoms with Crippen molar-refractivity contribution in [1.29, 1.82) is 0 Å². The maximum atomic E-state index is 12.8. The van der Waals surface area contributed by atoms with E-state index in [1.807, 2.05) is 35.2 Å². The van der Waals surface area contributed by atoms with Crippen LogP contribution < -0.4 is 0 Å². The topological polar surface area (TPSA) is 51.0 Å². The van der Waals surface area contributed by atoms with E-state index < -0.39 is 0 Å². The van der Waals surface area contributed by atoms with Crippen LogP contribution in [0.5, 0.6) is 0 Å². The third-order valence-electron chi connectivity index (χ3n) is 5.72. The molecule has 0 N–H and O–H groups in total. The van der Waals surface area contributed by atoms with Gasteiger partial charge in [-0.15, -0.1) is 10.2 Å².